The predicted octanol–water partition coefficient (Wildman–Crippen LogP) is 3.36. The van der Waals surface area contributed by atoms with E-state index in [4.69, 9.17) is 23.1 Å². The van der Waals surface area contributed by atoms with E-state index in [0.29, 0.717) is 53.7 Å². The second kappa shape index (κ2) is 8.80. The summed E-state index contributed by atoms with van der Waals surface area (Å²) < 4.78 is 0. The molecule has 0 bridgehead atoms. The Morgan fingerprint density at radius 3 is 2.24 bits per heavy atom. The summed E-state index contributed by atoms with van der Waals surface area (Å²) in [5.74, 6) is -0.116. The minimum atomic E-state index is -0.143. The van der Waals surface area contributed by atoms with Crippen LogP contribution < -0.4 is 11.5 Å². The maximum Gasteiger partial charge on any atom is 0.253 e. The lowest BCUT2D eigenvalue weighted by Gasteiger charge is -2.34. The highest BCUT2D eigenvalue weighted by molar-refractivity contribution is 7.99. The number of benzene rings is 2. The summed E-state index contributed by atoms with van der Waals surface area (Å²) in [5, 5.41) is 0.526. The number of hydrogen-bond donors (Lipinski definition) is 2. The molecule has 0 saturated carbocycles. The van der Waals surface area contributed by atoms with Crippen molar-refractivity contribution in [3.63, 3.8) is 0 Å². The fourth-order valence-corrected chi connectivity index (χ4v) is 4.22. The third-order valence-electron chi connectivity index (χ3n) is 4.84. The van der Waals surface area contributed by atoms with E-state index < -0.39 is 0 Å². The molecule has 1 saturated heterocycles. The zero-order valence-corrected chi connectivity index (χ0v) is 17.7. The van der Waals surface area contributed by atoms with Crippen molar-refractivity contribution in [2.24, 2.45) is 0 Å². The monoisotopic (exact) mass is 430 g/mol. The second-order valence-corrected chi connectivity index (χ2v) is 8.34. The van der Waals surface area contributed by atoms with Crippen molar-refractivity contribution < 1.29 is 9.59 Å². The minimum Gasteiger partial charge on any atom is -0.397 e. The predicted molar refractivity (Wildman–Crippen MR) is 119 cm³/mol. The highest BCUT2D eigenvalue weighted by Crippen LogP contribution is 2.36. The largest absolute Gasteiger partial charge is 0.397 e. The number of halogens is 1. The van der Waals surface area contributed by atoms with Crippen LogP contribution in [0.2, 0.25) is 5.02 Å². The number of nitrogens with zero attached hydrogens (tertiary/aromatic N) is 2. The number of anilines is 2. The quantitative estimate of drug-likeness (QED) is 0.573. The normalized spacial score (nSPS) is 14.0. The molecule has 1 heterocycles. The van der Waals surface area contributed by atoms with Crippen LogP contribution in [0, 0.1) is 0 Å². The molecule has 0 aromatic heterocycles. The first kappa shape index (κ1) is 21.1. The average Bonchev–Trinajstić information content (AvgIpc) is 2.71. The van der Waals surface area contributed by atoms with E-state index >= 15 is 0 Å². The molecular weight excluding hydrogens is 408 g/mol. The smallest absolute Gasteiger partial charge is 0.253 e. The Balaban J connectivity index is 1.69. The number of carbonyl (C=O) groups excluding carboxylic acids is 2. The molecule has 2 amide bonds. The average molecular weight is 431 g/mol. The van der Waals surface area contributed by atoms with Gasteiger partial charge in [-0.1, -0.05) is 36.0 Å². The van der Waals surface area contributed by atoms with Gasteiger partial charge in [-0.05, 0) is 35.9 Å². The van der Waals surface area contributed by atoms with E-state index in [0.717, 1.165) is 9.79 Å². The van der Waals surface area contributed by atoms with E-state index in [1.54, 1.807) is 28.0 Å². The Kier molecular flexibility index (Phi) is 6.39. The summed E-state index contributed by atoms with van der Waals surface area (Å²) in [6.07, 6.45) is 0. The lowest BCUT2D eigenvalue weighted by Crippen LogP contribution is -2.50. The first-order valence-corrected chi connectivity index (χ1v) is 10.3. The molecule has 0 spiro atoms. The number of piperazine rings is 1. The van der Waals surface area contributed by atoms with Crippen LogP contribution in [0.25, 0.3) is 5.57 Å². The number of rotatable bonds is 4. The lowest BCUT2D eigenvalue weighted by atomic mass is 10.1. The molecule has 0 unspecified atom stereocenters. The summed E-state index contributed by atoms with van der Waals surface area (Å²) in [6, 6.07) is 10.9. The Hall–Kier alpha value is -2.64. The molecule has 2 aromatic carbocycles. The van der Waals surface area contributed by atoms with Crippen molar-refractivity contribution in [2.75, 3.05) is 37.6 Å². The van der Waals surface area contributed by atoms with Crippen LogP contribution in [0.3, 0.4) is 0 Å². The van der Waals surface area contributed by atoms with Crippen LogP contribution >= 0.6 is 23.4 Å². The van der Waals surface area contributed by atoms with Crippen LogP contribution in [0.15, 0.2) is 52.8 Å². The molecule has 2 aromatic rings. The van der Waals surface area contributed by atoms with E-state index in [1.165, 1.54) is 18.7 Å². The van der Waals surface area contributed by atoms with Crippen LogP contribution in [0.5, 0.6) is 0 Å². The standard InChI is InChI=1S/C21H23ClN4O2S/c1-13(21(28)26-9-7-25(8-10-26)14(2)27)15-3-6-20(17(22)11-15)29-16-4-5-18(23)19(24)12-16/h3-6,11-12H,1,7-10,23-24H2,2H3. The lowest BCUT2D eigenvalue weighted by molar-refractivity contribution is -0.135. The summed E-state index contributed by atoms with van der Waals surface area (Å²) >= 11 is 7.92. The third kappa shape index (κ3) is 4.86. The van der Waals surface area contributed by atoms with E-state index in [-0.39, 0.29) is 11.8 Å². The number of hydrogen-bond acceptors (Lipinski definition) is 5. The van der Waals surface area contributed by atoms with Crippen LogP contribution in [-0.2, 0) is 9.59 Å². The molecule has 3 rings (SSSR count). The molecule has 4 N–H and O–H groups in total. The molecular formula is C21H23ClN4O2S. The summed E-state index contributed by atoms with van der Waals surface area (Å²) in [5.41, 5.74) is 13.7. The molecule has 0 radical (unpaired) electrons. The zero-order chi connectivity index (χ0) is 21.1. The van der Waals surface area contributed by atoms with Crippen molar-refractivity contribution in [3.05, 3.63) is 53.6 Å². The molecule has 6 nitrogen and oxygen atoms in total. The second-order valence-electron chi connectivity index (χ2n) is 6.81. The van der Waals surface area contributed by atoms with Gasteiger partial charge in [-0.25, -0.2) is 0 Å². The summed E-state index contributed by atoms with van der Waals surface area (Å²) in [4.78, 5) is 29.4. The highest BCUT2D eigenvalue weighted by atomic mass is 35.5. The molecule has 1 fully saturated rings. The first-order valence-electron chi connectivity index (χ1n) is 9.12. The molecule has 0 aliphatic carbocycles. The summed E-state index contributed by atoms with van der Waals surface area (Å²) in [6.45, 7) is 7.57. The van der Waals surface area contributed by atoms with E-state index in [9.17, 15) is 9.59 Å². The maximum absolute atomic E-state index is 12.8. The van der Waals surface area contributed by atoms with Gasteiger partial charge in [0.15, 0.2) is 0 Å². The van der Waals surface area contributed by atoms with Gasteiger partial charge in [-0.15, -0.1) is 0 Å². The van der Waals surface area contributed by atoms with Gasteiger partial charge >= 0.3 is 0 Å². The number of carbonyl (C=O) groups is 2. The SMILES string of the molecule is C=C(C(=O)N1CCN(C(C)=O)CC1)c1ccc(Sc2ccc(N)c(N)c2)c(Cl)c1. The highest BCUT2D eigenvalue weighted by Gasteiger charge is 2.24. The Morgan fingerprint density at radius 2 is 1.66 bits per heavy atom. The molecule has 8 heteroatoms. The van der Waals surface area contributed by atoms with Crippen molar-refractivity contribution in [2.45, 2.75) is 16.7 Å². The number of nitrogen functional groups attached to an aromatic ring is 2. The van der Waals surface area contributed by atoms with Crippen LogP contribution in [-0.4, -0.2) is 47.8 Å². The number of amides is 2. The third-order valence-corrected chi connectivity index (χ3v) is 6.33. The van der Waals surface area contributed by atoms with E-state index in [1.807, 2.05) is 18.2 Å². The van der Waals surface area contributed by atoms with Gasteiger partial charge in [-0.2, -0.15) is 0 Å². The number of nitrogens with two attached hydrogens (primary N) is 2. The zero-order valence-electron chi connectivity index (χ0n) is 16.2. The molecule has 1 aliphatic heterocycles. The van der Waals surface area contributed by atoms with Gasteiger partial charge in [0.1, 0.15) is 0 Å². The van der Waals surface area contributed by atoms with E-state index in [2.05, 4.69) is 6.58 Å². The molecule has 1 aliphatic rings. The van der Waals surface area contributed by atoms with Gasteiger partial charge < -0.3 is 21.3 Å². The topological polar surface area (TPSA) is 92.7 Å². The Bertz CT molecular complexity index is 971. The van der Waals surface area contributed by atoms with Crippen molar-refractivity contribution in [3.8, 4) is 0 Å². The molecule has 152 valence electrons. The van der Waals surface area contributed by atoms with Crippen molar-refractivity contribution >= 4 is 52.1 Å². The van der Waals surface area contributed by atoms with Gasteiger partial charge in [0.05, 0.1) is 16.4 Å². The van der Waals surface area contributed by atoms with Crippen LogP contribution in [0.1, 0.15) is 12.5 Å². The first-order chi connectivity index (χ1) is 13.8. The maximum atomic E-state index is 12.8. The fraction of sp³-hybridized carbons (Fsp3) is 0.238. The molecule has 0 atom stereocenters. The minimum absolute atomic E-state index is 0.0265. The Morgan fingerprint density at radius 1 is 1.00 bits per heavy atom. The molecule has 29 heavy (non-hydrogen) atoms. The van der Waals surface area contributed by atoms with Gasteiger partial charge in [0, 0.05) is 48.5 Å². The summed E-state index contributed by atoms with van der Waals surface area (Å²) in [7, 11) is 0. The Labute approximate surface area is 179 Å². The van der Waals surface area contributed by atoms with Gasteiger partial charge in [0.25, 0.3) is 5.91 Å². The van der Waals surface area contributed by atoms with Gasteiger partial charge in [0.2, 0.25) is 5.91 Å². The van der Waals surface area contributed by atoms with Crippen molar-refractivity contribution in [1.29, 1.82) is 0 Å². The fourth-order valence-electron chi connectivity index (χ4n) is 3.05. The van der Waals surface area contributed by atoms with Gasteiger partial charge in [-0.3, -0.25) is 9.59 Å². The van der Waals surface area contributed by atoms with Crippen LogP contribution in [0.4, 0.5) is 11.4 Å². The van der Waals surface area contributed by atoms with Crippen molar-refractivity contribution in [1.82, 2.24) is 9.80 Å².